The number of ether oxygens (including phenoxy) is 3. The SMILES string of the molecule is COc1ccccc1C1(CNS(=O)(=O)c2cc(Cl)ccc2OC)CCOCC1. The van der Waals surface area contributed by atoms with Gasteiger partial charge in [0.2, 0.25) is 10.0 Å². The van der Waals surface area contributed by atoms with Crippen molar-refractivity contribution in [2.75, 3.05) is 34.0 Å². The molecule has 1 N–H and O–H groups in total. The maximum Gasteiger partial charge on any atom is 0.244 e. The van der Waals surface area contributed by atoms with E-state index in [2.05, 4.69) is 4.72 Å². The summed E-state index contributed by atoms with van der Waals surface area (Å²) in [4.78, 5) is 0.0183. The number of halogens is 1. The van der Waals surface area contributed by atoms with Gasteiger partial charge in [0, 0.05) is 35.8 Å². The van der Waals surface area contributed by atoms with Gasteiger partial charge in [0.05, 0.1) is 14.2 Å². The zero-order valence-electron chi connectivity index (χ0n) is 15.9. The Morgan fingerprint density at radius 2 is 1.75 bits per heavy atom. The summed E-state index contributed by atoms with van der Waals surface area (Å²) < 4.78 is 45.1. The smallest absolute Gasteiger partial charge is 0.244 e. The molecule has 0 amide bonds. The van der Waals surface area contributed by atoms with E-state index in [1.165, 1.54) is 13.2 Å². The van der Waals surface area contributed by atoms with Crippen molar-refractivity contribution in [3.8, 4) is 11.5 Å². The number of hydrogen-bond donors (Lipinski definition) is 1. The fourth-order valence-corrected chi connectivity index (χ4v) is 5.11. The summed E-state index contributed by atoms with van der Waals surface area (Å²) in [6.45, 7) is 1.33. The van der Waals surface area contributed by atoms with Gasteiger partial charge in [-0.05, 0) is 37.1 Å². The molecule has 3 rings (SSSR count). The third kappa shape index (κ3) is 4.27. The molecule has 1 fully saturated rings. The molecule has 8 heteroatoms. The van der Waals surface area contributed by atoms with Crippen LogP contribution in [0.3, 0.4) is 0 Å². The van der Waals surface area contributed by atoms with Crippen LogP contribution in [0, 0.1) is 0 Å². The summed E-state index contributed by atoms with van der Waals surface area (Å²) in [5.41, 5.74) is 0.547. The van der Waals surface area contributed by atoms with Gasteiger partial charge in [-0.1, -0.05) is 29.8 Å². The lowest BCUT2D eigenvalue weighted by Crippen LogP contribution is -2.44. The molecule has 28 heavy (non-hydrogen) atoms. The first-order valence-electron chi connectivity index (χ1n) is 8.96. The zero-order chi connectivity index (χ0) is 20.2. The van der Waals surface area contributed by atoms with E-state index in [1.54, 1.807) is 19.2 Å². The van der Waals surface area contributed by atoms with Crippen LogP contribution < -0.4 is 14.2 Å². The number of nitrogens with one attached hydrogen (secondary N) is 1. The lowest BCUT2D eigenvalue weighted by molar-refractivity contribution is 0.0509. The van der Waals surface area contributed by atoms with E-state index in [0.717, 1.165) is 11.3 Å². The molecule has 2 aromatic rings. The molecular weight excluding hydrogens is 402 g/mol. The van der Waals surface area contributed by atoms with Crippen molar-refractivity contribution >= 4 is 21.6 Å². The molecule has 6 nitrogen and oxygen atoms in total. The highest BCUT2D eigenvalue weighted by Gasteiger charge is 2.38. The molecule has 0 radical (unpaired) electrons. The van der Waals surface area contributed by atoms with E-state index in [0.29, 0.717) is 31.1 Å². The van der Waals surface area contributed by atoms with Crippen LogP contribution >= 0.6 is 11.6 Å². The Morgan fingerprint density at radius 3 is 2.43 bits per heavy atom. The van der Waals surface area contributed by atoms with Crippen LogP contribution in [0.1, 0.15) is 18.4 Å². The summed E-state index contributed by atoms with van der Waals surface area (Å²) in [6, 6.07) is 12.2. The first-order chi connectivity index (χ1) is 13.4. The third-order valence-electron chi connectivity index (χ3n) is 5.14. The molecule has 1 aliphatic heterocycles. The van der Waals surface area contributed by atoms with E-state index in [-0.39, 0.29) is 17.2 Å². The van der Waals surface area contributed by atoms with Crippen molar-refractivity contribution in [1.82, 2.24) is 4.72 Å². The Bertz CT molecular complexity index is 926. The lowest BCUT2D eigenvalue weighted by Gasteiger charge is -2.38. The van der Waals surface area contributed by atoms with Gasteiger partial charge in [-0.2, -0.15) is 0 Å². The molecule has 1 saturated heterocycles. The first kappa shape index (κ1) is 20.9. The summed E-state index contributed by atoms with van der Waals surface area (Å²) in [5, 5.41) is 0.326. The second-order valence-electron chi connectivity index (χ2n) is 6.71. The monoisotopic (exact) mass is 425 g/mol. The number of sulfonamides is 1. The van der Waals surface area contributed by atoms with Gasteiger partial charge in [-0.25, -0.2) is 13.1 Å². The van der Waals surface area contributed by atoms with Gasteiger partial charge in [0.25, 0.3) is 0 Å². The van der Waals surface area contributed by atoms with E-state index >= 15 is 0 Å². The van der Waals surface area contributed by atoms with Gasteiger partial charge in [-0.3, -0.25) is 0 Å². The van der Waals surface area contributed by atoms with Gasteiger partial charge >= 0.3 is 0 Å². The van der Waals surface area contributed by atoms with E-state index in [4.69, 9.17) is 25.8 Å². The highest BCUT2D eigenvalue weighted by Crippen LogP contribution is 2.40. The standard InChI is InChI=1S/C20H24ClNO5S/c1-25-17-6-4-3-5-16(17)20(9-11-27-12-10-20)14-22-28(23,24)19-13-15(21)7-8-18(19)26-2/h3-8,13,22H,9-12,14H2,1-2H3. The predicted octanol–water partition coefficient (Wildman–Crippen LogP) is 3.38. The average molecular weight is 426 g/mol. The van der Waals surface area contributed by atoms with Crippen LogP contribution in [0.25, 0.3) is 0 Å². The van der Waals surface area contributed by atoms with Crippen LogP contribution in [-0.2, 0) is 20.2 Å². The van der Waals surface area contributed by atoms with Crippen molar-refractivity contribution in [2.45, 2.75) is 23.2 Å². The van der Waals surface area contributed by atoms with Crippen LogP contribution in [0.4, 0.5) is 0 Å². The fraction of sp³-hybridized carbons (Fsp3) is 0.400. The predicted molar refractivity (Wildman–Crippen MR) is 108 cm³/mol. The van der Waals surface area contributed by atoms with Gasteiger partial charge in [0.1, 0.15) is 16.4 Å². The van der Waals surface area contributed by atoms with Crippen LogP contribution in [-0.4, -0.2) is 42.4 Å². The maximum atomic E-state index is 13.0. The minimum absolute atomic E-state index is 0.0183. The fourth-order valence-electron chi connectivity index (χ4n) is 3.56. The minimum atomic E-state index is -3.83. The van der Waals surface area contributed by atoms with Crippen molar-refractivity contribution in [2.24, 2.45) is 0 Å². The third-order valence-corrected chi connectivity index (χ3v) is 6.80. The van der Waals surface area contributed by atoms with Crippen molar-refractivity contribution < 1.29 is 22.6 Å². The van der Waals surface area contributed by atoms with Crippen molar-refractivity contribution in [3.63, 3.8) is 0 Å². The van der Waals surface area contributed by atoms with Gasteiger partial charge < -0.3 is 14.2 Å². The Morgan fingerprint density at radius 1 is 1.07 bits per heavy atom. The lowest BCUT2D eigenvalue weighted by atomic mass is 9.74. The van der Waals surface area contributed by atoms with Crippen LogP contribution in [0.15, 0.2) is 47.4 Å². The average Bonchev–Trinajstić information content (AvgIpc) is 2.73. The number of rotatable bonds is 7. The zero-order valence-corrected chi connectivity index (χ0v) is 17.5. The number of methoxy groups -OCH3 is 2. The molecule has 0 spiro atoms. The van der Waals surface area contributed by atoms with E-state index < -0.39 is 15.4 Å². The Hall–Kier alpha value is -1.80. The van der Waals surface area contributed by atoms with E-state index in [1.807, 2.05) is 24.3 Å². The van der Waals surface area contributed by atoms with Gasteiger partial charge in [0.15, 0.2) is 0 Å². The van der Waals surface area contributed by atoms with Crippen molar-refractivity contribution in [3.05, 3.63) is 53.1 Å². The molecule has 0 aromatic heterocycles. The molecular formula is C20H24ClNO5S. The second kappa shape index (κ2) is 8.69. The normalized spacial score (nSPS) is 16.5. The quantitative estimate of drug-likeness (QED) is 0.736. The van der Waals surface area contributed by atoms with Gasteiger partial charge in [-0.15, -0.1) is 0 Å². The molecule has 2 aromatic carbocycles. The maximum absolute atomic E-state index is 13.0. The summed E-state index contributed by atoms with van der Waals surface area (Å²) in [5.74, 6) is 0.985. The van der Waals surface area contributed by atoms with Crippen LogP contribution in [0.2, 0.25) is 5.02 Å². The molecule has 0 saturated carbocycles. The molecule has 152 valence electrons. The Balaban J connectivity index is 1.94. The molecule has 1 heterocycles. The number of hydrogen-bond acceptors (Lipinski definition) is 5. The molecule has 1 aliphatic rings. The Labute approximate surface area is 170 Å². The summed E-state index contributed by atoms with van der Waals surface area (Å²) >= 11 is 6.01. The summed E-state index contributed by atoms with van der Waals surface area (Å²) in [7, 11) is -0.786. The second-order valence-corrected chi connectivity index (χ2v) is 8.88. The topological polar surface area (TPSA) is 73.9 Å². The van der Waals surface area contributed by atoms with Crippen molar-refractivity contribution in [1.29, 1.82) is 0 Å². The highest BCUT2D eigenvalue weighted by atomic mass is 35.5. The molecule has 0 aliphatic carbocycles. The van der Waals surface area contributed by atoms with E-state index in [9.17, 15) is 8.42 Å². The highest BCUT2D eigenvalue weighted by molar-refractivity contribution is 7.89. The number of benzene rings is 2. The molecule has 0 unspecified atom stereocenters. The molecule has 0 atom stereocenters. The molecule has 0 bridgehead atoms. The largest absolute Gasteiger partial charge is 0.496 e. The first-order valence-corrected chi connectivity index (χ1v) is 10.8. The number of para-hydroxylation sites is 1. The van der Waals surface area contributed by atoms with Crippen LogP contribution in [0.5, 0.6) is 11.5 Å². The Kier molecular flexibility index (Phi) is 6.50. The summed E-state index contributed by atoms with van der Waals surface area (Å²) in [6.07, 6.45) is 1.37. The minimum Gasteiger partial charge on any atom is -0.496 e.